The van der Waals surface area contributed by atoms with E-state index in [2.05, 4.69) is 10.6 Å². The normalized spacial score (nSPS) is 17.3. The molecule has 0 aromatic heterocycles. The SMILES string of the molecule is COC(=O)N1CCCC(C(=O)Nc2ccc(NC(C)=O)cc2)C1. The Morgan fingerprint density at radius 2 is 1.74 bits per heavy atom. The van der Waals surface area contributed by atoms with Crippen LogP contribution in [0.1, 0.15) is 19.8 Å². The third-order valence-corrected chi connectivity index (χ3v) is 3.70. The molecule has 2 N–H and O–H groups in total. The Balaban J connectivity index is 1.93. The van der Waals surface area contributed by atoms with Crippen molar-refractivity contribution in [2.24, 2.45) is 5.92 Å². The van der Waals surface area contributed by atoms with Crippen molar-refractivity contribution in [3.05, 3.63) is 24.3 Å². The van der Waals surface area contributed by atoms with E-state index in [4.69, 9.17) is 4.74 Å². The molecule has 1 saturated heterocycles. The lowest BCUT2D eigenvalue weighted by Gasteiger charge is -2.30. The number of carbonyl (C=O) groups is 3. The van der Waals surface area contributed by atoms with Gasteiger partial charge in [0.15, 0.2) is 0 Å². The number of methoxy groups -OCH3 is 1. The van der Waals surface area contributed by atoms with Crippen LogP contribution in [0.4, 0.5) is 16.2 Å². The topological polar surface area (TPSA) is 87.7 Å². The molecule has 1 heterocycles. The zero-order chi connectivity index (χ0) is 16.8. The smallest absolute Gasteiger partial charge is 0.409 e. The van der Waals surface area contributed by atoms with Gasteiger partial charge < -0.3 is 20.3 Å². The highest BCUT2D eigenvalue weighted by Gasteiger charge is 2.28. The summed E-state index contributed by atoms with van der Waals surface area (Å²) in [7, 11) is 1.34. The molecule has 1 aliphatic rings. The second-order valence-electron chi connectivity index (χ2n) is 5.50. The molecule has 2 rings (SSSR count). The maximum absolute atomic E-state index is 12.3. The summed E-state index contributed by atoms with van der Waals surface area (Å²) in [6, 6.07) is 6.89. The molecule has 1 aromatic carbocycles. The Hall–Kier alpha value is -2.57. The van der Waals surface area contributed by atoms with E-state index in [1.165, 1.54) is 14.0 Å². The molecule has 7 heteroatoms. The van der Waals surface area contributed by atoms with Crippen molar-refractivity contribution in [2.45, 2.75) is 19.8 Å². The summed E-state index contributed by atoms with van der Waals surface area (Å²) in [6.45, 7) is 2.41. The number of nitrogens with one attached hydrogen (secondary N) is 2. The average Bonchev–Trinajstić information content (AvgIpc) is 2.55. The van der Waals surface area contributed by atoms with E-state index in [1.807, 2.05) is 0 Å². The highest BCUT2D eigenvalue weighted by molar-refractivity contribution is 5.94. The van der Waals surface area contributed by atoms with Crippen LogP contribution in [-0.2, 0) is 14.3 Å². The van der Waals surface area contributed by atoms with Crippen molar-refractivity contribution in [3.8, 4) is 0 Å². The first kappa shape index (κ1) is 16.8. The van der Waals surface area contributed by atoms with E-state index in [9.17, 15) is 14.4 Å². The summed E-state index contributed by atoms with van der Waals surface area (Å²) in [5.41, 5.74) is 1.32. The molecule has 1 aliphatic heterocycles. The van der Waals surface area contributed by atoms with E-state index < -0.39 is 6.09 Å². The molecule has 0 radical (unpaired) electrons. The standard InChI is InChI=1S/C16H21N3O4/c1-11(20)17-13-5-7-14(8-6-13)18-15(21)12-4-3-9-19(10-12)16(22)23-2/h5-8,12H,3-4,9-10H2,1-2H3,(H,17,20)(H,18,21). The zero-order valence-electron chi connectivity index (χ0n) is 13.3. The number of ether oxygens (including phenoxy) is 1. The van der Waals surface area contributed by atoms with Gasteiger partial charge in [0.1, 0.15) is 0 Å². The summed E-state index contributed by atoms with van der Waals surface area (Å²) in [5, 5.41) is 5.50. The maximum Gasteiger partial charge on any atom is 0.409 e. The summed E-state index contributed by atoms with van der Waals surface area (Å²) in [5.74, 6) is -0.518. The lowest BCUT2D eigenvalue weighted by Crippen LogP contribution is -2.43. The van der Waals surface area contributed by atoms with Crippen LogP contribution in [0.15, 0.2) is 24.3 Å². The summed E-state index contributed by atoms with van der Waals surface area (Å²) in [6.07, 6.45) is 1.11. The van der Waals surface area contributed by atoms with Crippen LogP contribution in [-0.4, -0.2) is 43.0 Å². The van der Waals surface area contributed by atoms with Crippen molar-refractivity contribution in [1.29, 1.82) is 0 Å². The maximum atomic E-state index is 12.3. The molecule has 1 atom stereocenters. The van der Waals surface area contributed by atoms with Gasteiger partial charge in [-0.15, -0.1) is 0 Å². The first-order valence-electron chi connectivity index (χ1n) is 7.51. The Morgan fingerprint density at radius 3 is 2.30 bits per heavy atom. The molecular formula is C16H21N3O4. The molecule has 124 valence electrons. The highest BCUT2D eigenvalue weighted by atomic mass is 16.5. The number of likely N-dealkylation sites (tertiary alicyclic amines) is 1. The van der Waals surface area contributed by atoms with Crippen LogP contribution in [0.25, 0.3) is 0 Å². The molecular weight excluding hydrogens is 298 g/mol. The zero-order valence-corrected chi connectivity index (χ0v) is 13.3. The minimum atomic E-state index is -0.401. The van der Waals surface area contributed by atoms with E-state index in [0.29, 0.717) is 24.5 Å². The molecule has 0 saturated carbocycles. The van der Waals surface area contributed by atoms with Crippen LogP contribution >= 0.6 is 0 Å². The molecule has 1 fully saturated rings. The first-order valence-corrected chi connectivity index (χ1v) is 7.51. The van der Waals surface area contributed by atoms with Crippen molar-refractivity contribution in [3.63, 3.8) is 0 Å². The molecule has 7 nitrogen and oxygen atoms in total. The fourth-order valence-electron chi connectivity index (χ4n) is 2.57. The van der Waals surface area contributed by atoms with Crippen LogP contribution in [0, 0.1) is 5.92 Å². The van der Waals surface area contributed by atoms with Crippen molar-refractivity contribution < 1.29 is 19.1 Å². The predicted molar refractivity (Wildman–Crippen MR) is 86.1 cm³/mol. The Kier molecular flexibility index (Phi) is 5.56. The third kappa shape index (κ3) is 4.70. The van der Waals surface area contributed by atoms with Gasteiger partial charge in [-0.2, -0.15) is 0 Å². The Morgan fingerprint density at radius 1 is 1.13 bits per heavy atom. The molecule has 0 bridgehead atoms. The number of amides is 3. The van der Waals surface area contributed by atoms with Gasteiger partial charge in [0.25, 0.3) is 0 Å². The van der Waals surface area contributed by atoms with Gasteiger partial charge in [0.05, 0.1) is 13.0 Å². The fraction of sp³-hybridized carbons (Fsp3) is 0.438. The third-order valence-electron chi connectivity index (χ3n) is 3.70. The van der Waals surface area contributed by atoms with Crippen molar-refractivity contribution in [2.75, 3.05) is 30.8 Å². The number of hydrogen-bond acceptors (Lipinski definition) is 4. The molecule has 1 unspecified atom stereocenters. The van der Waals surface area contributed by atoms with Crippen LogP contribution in [0.2, 0.25) is 0 Å². The van der Waals surface area contributed by atoms with Gasteiger partial charge in [-0.3, -0.25) is 9.59 Å². The van der Waals surface area contributed by atoms with Crippen LogP contribution < -0.4 is 10.6 Å². The quantitative estimate of drug-likeness (QED) is 0.892. The van der Waals surface area contributed by atoms with Crippen LogP contribution in [0.5, 0.6) is 0 Å². The number of carbonyl (C=O) groups excluding carboxylic acids is 3. The van der Waals surface area contributed by atoms with Gasteiger partial charge in [0, 0.05) is 31.4 Å². The van der Waals surface area contributed by atoms with Gasteiger partial charge in [-0.1, -0.05) is 0 Å². The van der Waals surface area contributed by atoms with Gasteiger partial charge >= 0.3 is 6.09 Å². The molecule has 3 amide bonds. The number of nitrogens with zero attached hydrogens (tertiary/aromatic N) is 1. The molecule has 0 aliphatic carbocycles. The second kappa shape index (κ2) is 7.62. The number of rotatable bonds is 3. The average molecular weight is 319 g/mol. The Labute approximate surface area is 135 Å². The highest BCUT2D eigenvalue weighted by Crippen LogP contribution is 2.20. The number of hydrogen-bond donors (Lipinski definition) is 2. The first-order chi connectivity index (χ1) is 11.0. The molecule has 1 aromatic rings. The number of anilines is 2. The summed E-state index contributed by atoms with van der Waals surface area (Å²) < 4.78 is 4.70. The predicted octanol–water partition coefficient (Wildman–Crippen LogP) is 2.06. The summed E-state index contributed by atoms with van der Waals surface area (Å²) in [4.78, 5) is 36.4. The lowest BCUT2D eigenvalue weighted by atomic mass is 9.97. The monoisotopic (exact) mass is 319 g/mol. The van der Waals surface area contributed by atoms with E-state index in [0.717, 1.165) is 12.8 Å². The minimum Gasteiger partial charge on any atom is -0.453 e. The van der Waals surface area contributed by atoms with Gasteiger partial charge in [-0.25, -0.2) is 4.79 Å². The molecule has 0 spiro atoms. The van der Waals surface area contributed by atoms with E-state index >= 15 is 0 Å². The van der Waals surface area contributed by atoms with Gasteiger partial charge in [-0.05, 0) is 37.1 Å². The molecule has 23 heavy (non-hydrogen) atoms. The van der Waals surface area contributed by atoms with E-state index in [-0.39, 0.29) is 17.7 Å². The minimum absolute atomic E-state index is 0.120. The number of piperidine rings is 1. The summed E-state index contributed by atoms with van der Waals surface area (Å²) >= 11 is 0. The lowest BCUT2D eigenvalue weighted by molar-refractivity contribution is -0.121. The van der Waals surface area contributed by atoms with Crippen molar-refractivity contribution >= 4 is 29.3 Å². The van der Waals surface area contributed by atoms with E-state index in [1.54, 1.807) is 29.2 Å². The second-order valence-corrected chi connectivity index (χ2v) is 5.50. The number of benzene rings is 1. The van der Waals surface area contributed by atoms with Gasteiger partial charge in [0.2, 0.25) is 11.8 Å². The largest absolute Gasteiger partial charge is 0.453 e. The van der Waals surface area contributed by atoms with Crippen LogP contribution in [0.3, 0.4) is 0 Å². The van der Waals surface area contributed by atoms with Crippen molar-refractivity contribution in [1.82, 2.24) is 4.90 Å². The fourth-order valence-corrected chi connectivity index (χ4v) is 2.57. The Bertz CT molecular complexity index is 585.